The minimum atomic E-state index is -0.811. The number of hydrogen-bond acceptors (Lipinski definition) is 2. The highest BCUT2D eigenvalue weighted by atomic mass is 79.9. The van der Waals surface area contributed by atoms with Crippen LogP contribution in [-0.2, 0) is 6.54 Å². The van der Waals surface area contributed by atoms with Crippen molar-refractivity contribution in [1.29, 1.82) is 0 Å². The van der Waals surface area contributed by atoms with Gasteiger partial charge < -0.3 is 10.6 Å². The number of rotatable bonds is 3. The molecular weight excluding hydrogens is 338 g/mol. The average Bonchev–Trinajstić information content (AvgIpc) is 2.76. The van der Waals surface area contributed by atoms with Gasteiger partial charge in [0.15, 0.2) is 0 Å². The summed E-state index contributed by atoms with van der Waals surface area (Å²) < 4.78 is 26.9. The second-order valence-electron chi connectivity index (χ2n) is 3.64. The third-order valence-electron chi connectivity index (χ3n) is 2.23. The predicted molar refractivity (Wildman–Crippen MR) is 74.2 cm³/mol. The Bertz CT molecular complexity index is 603. The van der Waals surface area contributed by atoms with Crippen LogP contribution < -0.4 is 10.6 Å². The van der Waals surface area contributed by atoms with Crippen LogP contribution in [0.5, 0.6) is 0 Å². The van der Waals surface area contributed by atoms with Crippen LogP contribution in [0.4, 0.5) is 19.3 Å². The fraction of sp³-hybridized carbons (Fsp3) is 0.0833. The molecule has 1 aromatic carbocycles. The molecule has 0 spiro atoms. The predicted octanol–water partition coefficient (Wildman–Crippen LogP) is 4.11. The quantitative estimate of drug-likeness (QED) is 0.862. The van der Waals surface area contributed by atoms with E-state index in [1.807, 2.05) is 12.1 Å². The Morgan fingerprint density at radius 3 is 2.68 bits per heavy atom. The zero-order chi connectivity index (χ0) is 13.8. The lowest BCUT2D eigenvalue weighted by Crippen LogP contribution is -2.28. The van der Waals surface area contributed by atoms with E-state index in [2.05, 4.69) is 26.6 Å². The van der Waals surface area contributed by atoms with Gasteiger partial charge in [-0.2, -0.15) is 0 Å². The Labute approximate surface area is 120 Å². The Balaban J connectivity index is 1.90. The average molecular weight is 347 g/mol. The normalized spacial score (nSPS) is 10.3. The molecule has 1 heterocycles. The van der Waals surface area contributed by atoms with Crippen molar-refractivity contribution < 1.29 is 13.6 Å². The van der Waals surface area contributed by atoms with Crippen LogP contribution in [-0.4, -0.2) is 6.03 Å². The number of amides is 2. The number of hydrogen-bond donors (Lipinski definition) is 2. The highest BCUT2D eigenvalue weighted by Crippen LogP contribution is 2.21. The number of nitrogens with one attached hydrogen (secondary N) is 2. The number of halogens is 3. The molecule has 0 aliphatic carbocycles. The molecule has 100 valence electrons. The topological polar surface area (TPSA) is 41.1 Å². The van der Waals surface area contributed by atoms with Crippen molar-refractivity contribution in [3.05, 3.63) is 50.6 Å². The van der Waals surface area contributed by atoms with Crippen LogP contribution in [0.25, 0.3) is 0 Å². The Morgan fingerprint density at radius 2 is 2.05 bits per heavy atom. The molecule has 7 heteroatoms. The molecule has 2 rings (SSSR count). The number of anilines is 1. The molecule has 3 nitrogen and oxygen atoms in total. The monoisotopic (exact) mass is 346 g/mol. The third-order valence-corrected chi connectivity index (χ3v) is 3.86. The Kier molecular flexibility index (Phi) is 4.49. The summed E-state index contributed by atoms with van der Waals surface area (Å²) in [7, 11) is 0. The second-order valence-corrected chi connectivity index (χ2v) is 6.19. The van der Waals surface area contributed by atoms with E-state index in [0.29, 0.717) is 12.6 Å². The Morgan fingerprint density at radius 1 is 1.26 bits per heavy atom. The van der Waals surface area contributed by atoms with E-state index in [0.717, 1.165) is 14.7 Å². The minimum Gasteiger partial charge on any atom is -0.333 e. The number of benzene rings is 1. The van der Waals surface area contributed by atoms with Crippen molar-refractivity contribution in [3.8, 4) is 0 Å². The zero-order valence-corrected chi connectivity index (χ0v) is 11.9. The molecule has 2 amide bonds. The first kappa shape index (κ1) is 14.0. The Hall–Kier alpha value is -1.47. The first-order chi connectivity index (χ1) is 9.04. The maximum absolute atomic E-state index is 13.3. The molecule has 0 atom stereocenters. The molecule has 2 N–H and O–H groups in total. The van der Waals surface area contributed by atoms with E-state index in [-0.39, 0.29) is 5.69 Å². The van der Waals surface area contributed by atoms with Gasteiger partial charge in [-0.05, 0) is 40.2 Å². The van der Waals surface area contributed by atoms with E-state index < -0.39 is 17.7 Å². The lowest BCUT2D eigenvalue weighted by molar-refractivity contribution is 0.251. The standard InChI is InChI=1S/C12H9BrF2N2OS/c13-11-4-2-8(19-11)6-16-12(18)17-10-3-1-7(14)5-9(10)15/h1-5H,6H2,(H2,16,17,18). The van der Waals surface area contributed by atoms with Gasteiger partial charge in [0, 0.05) is 10.9 Å². The molecule has 0 unspecified atom stereocenters. The third kappa shape index (κ3) is 4.00. The molecule has 0 fully saturated rings. The lowest BCUT2D eigenvalue weighted by Gasteiger charge is -2.07. The van der Waals surface area contributed by atoms with Gasteiger partial charge in [0.1, 0.15) is 11.6 Å². The molecule has 1 aromatic heterocycles. The first-order valence-corrected chi connectivity index (χ1v) is 6.89. The van der Waals surface area contributed by atoms with Gasteiger partial charge in [-0.3, -0.25) is 0 Å². The largest absolute Gasteiger partial charge is 0.333 e. The van der Waals surface area contributed by atoms with Crippen molar-refractivity contribution in [2.45, 2.75) is 6.54 Å². The van der Waals surface area contributed by atoms with Crippen molar-refractivity contribution in [3.63, 3.8) is 0 Å². The molecule has 0 radical (unpaired) electrons. The van der Waals surface area contributed by atoms with E-state index in [4.69, 9.17) is 0 Å². The van der Waals surface area contributed by atoms with Crippen molar-refractivity contribution >= 4 is 39.0 Å². The molecule has 0 saturated carbocycles. The minimum absolute atomic E-state index is 0.0636. The van der Waals surface area contributed by atoms with Gasteiger partial charge in [0.2, 0.25) is 0 Å². The maximum atomic E-state index is 13.3. The molecule has 0 aliphatic rings. The summed E-state index contributed by atoms with van der Waals surface area (Å²) in [6.45, 7) is 0.338. The summed E-state index contributed by atoms with van der Waals surface area (Å²) in [6, 6.07) is 6.16. The highest BCUT2D eigenvalue weighted by Gasteiger charge is 2.08. The van der Waals surface area contributed by atoms with Gasteiger partial charge >= 0.3 is 6.03 Å². The highest BCUT2D eigenvalue weighted by molar-refractivity contribution is 9.11. The summed E-state index contributed by atoms with van der Waals surface area (Å²) in [5, 5.41) is 4.90. The number of carbonyl (C=O) groups is 1. The molecular formula is C12H9BrF2N2OS. The molecule has 0 bridgehead atoms. The smallest absolute Gasteiger partial charge is 0.319 e. The number of urea groups is 1. The summed E-state index contributed by atoms with van der Waals surface area (Å²) >= 11 is 4.81. The lowest BCUT2D eigenvalue weighted by atomic mass is 10.3. The number of thiophene rings is 1. The zero-order valence-electron chi connectivity index (χ0n) is 9.54. The van der Waals surface area contributed by atoms with Crippen molar-refractivity contribution in [1.82, 2.24) is 5.32 Å². The molecule has 19 heavy (non-hydrogen) atoms. The van der Waals surface area contributed by atoms with Gasteiger partial charge in [0.25, 0.3) is 0 Å². The maximum Gasteiger partial charge on any atom is 0.319 e. The fourth-order valence-corrected chi connectivity index (χ4v) is 2.79. The molecule has 0 aliphatic heterocycles. The van der Waals surface area contributed by atoms with Crippen molar-refractivity contribution in [2.75, 3.05) is 5.32 Å². The van der Waals surface area contributed by atoms with Gasteiger partial charge in [-0.15, -0.1) is 11.3 Å². The van der Waals surface area contributed by atoms with Crippen LogP contribution in [0.3, 0.4) is 0 Å². The van der Waals surface area contributed by atoms with Crippen LogP contribution in [0, 0.1) is 11.6 Å². The fourth-order valence-electron chi connectivity index (χ4n) is 1.37. The SMILES string of the molecule is O=C(NCc1ccc(Br)s1)Nc1ccc(F)cc1F. The first-order valence-electron chi connectivity index (χ1n) is 5.29. The van der Waals surface area contributed by atoms with Crippen LogP contribution >= 0.6 is 27.3 Å². The van der Waals surface area contributed by atoms with E-state index >= 15 is 0 Å². The van der Waals surface area contributed by atoms with Gasteiger partial charge in [-0.25, -0.2) is 13.6 Å². The van der Waals surface area contributed by atoms with E-state index in [1.54, 1.807) is 0 Å². The summed E-state index contributed by atoms with van der Waals surface area (Å²) in [4.78, 5) is 12.5. The van der Waals surface area contributed by atoms with Crippen LogP contribution in [0.15, 0.2) is 34.1 Å². The van der Waals surface area contributed by atoms with Gasteiger partial charge in [0.05, 0.1) is 16.0 Å². The van der Waals surface area contributed by atoms with Crippen LogP contribution in [0.1, 0.15) is 4.88 Å². The van der Waals surface area contributed by atoms with Crippen molar-refractivity contribution in [2.24, 2.45) is 0 Å². The molecule has 2 aromatic rings. The summed E-state index contributed by atoms with van der Waals surface area (Å²) in [6.07, 6.45) is 0. The van der Waals surface area contributed by atoms with E-state index in [9.17, 15) is 13.6 Å². The number of carbonyl (C=O) groups excluding carboxylic acids is 1. The summed E-state index contributed by atoms with van der Waals surface area (Å²) in [5.74, 6) is -1.50. The molecule has 0 saturated heterocycles. The van der Waals surface area contributed by atoms with Crippen LogP contribution in [0.2, 0.25) is 0 Å². The second kappa shape index (κ2) is 6.12. The van der Waals surface area contributed by atoms with Gasteiger partial charge in [-0.1, -0.05) is 0 Å². The van der Waals surface area contributed by atoms with E-state index in [1.165, 1.54) is 17.4 Å². The summed E-state index contributed by atoms with van der Waals surface area (Å²) in [5.41, 5.74) is -0.0636.